The predicted molar refractivity (Wildman–Crippen MR) is 70.0 cm³/mol. The molecule has 1 unspecified atom stereocenters. The molecule has 1 rings (SSSR count). The minimum atomic E-state index is -1.01. The highest BCUT2D eigenvalue weighted by molar-refractivity contribution is 6.43. The maximum absolute atomic E-state index is 11.0. The van der Waals surface area contributed by atoms with E-state index < -0.39 is 12.1 Å². The highest BCUT2D eigenvalue weighted by Crippen LogP contribution is 2.36. The molecule has 1 aromatic rings. The van der Waals surface area contributed by atoms with E-state index in [2.05, 4.69) is 0 Å². The number of methoxy groups -OCH3 is 1. The second-order valence-corrected chi connectivity index (χ2v) is 4.44. The molecule has 0 heterocycles. The minimum Gasteiger partial charge on any atom is -0.495 e. The summed E-state index contributed by atoms with van der Waals surface area (Å²) in [5.74, 6) is -0.344. The minimum absolute atomic E-state index is 0.256. The number of ether oxygens (including phenoxy) is 2. The van der Waals surface area contributed by atoms with Gasteiger partial charge in [0.1, 0.15) is 16.5 Å². The summed E-state index contributed by atoms with van der Waals surface area (Å²) in [6, 6.07) is 2.98. The predicted octanol–water partition coefficient (Wildman–Crippen LogP) is 3.63. The van der Waals surface area contributed by atoms with Crippen molar-refractivity contribution < 1.29 is 19.4 Å². The Bertz CT molecular complexity index is 434. The summed E-state index contributed by atoms with van der Waals surface area (Å²) in [6.45, 7) is 1.88. The Morgan fingerprint density at radius 1 is 1.44 bits per heavy atom. The first-order chi connectivity index (χ1) is 8.49. The summed E-state index contributed by atoms with van der Waals surface area (Å²) in [5.41, 5.74) is 0. The van der Waals surface area contributed by atoms with E-state index in [1.165, 1.54) is 19.2 Å². The fourth-order valence-electron chi connectivity index (χ4n) is 1.42. The van der Waals surface area contributed by atoms with Gasteiger partial charge >= 0.3 is 5.97 Å². The van der Waals surface area contributed by atoms with Crippen molar-refractivity contribution in [3.63, 3.8) is 0 Å². The molecule has 0 aliphatic carbocycles. The van der Waals surface area contributed by atoms with Crippen LogP contribution < -0.4 is 9.47 Å². The van der Waals surface area contributed by atoms with Crippen molar-refractivity contribution in [2.45, 2.75) is 25.9 Å². The van der Waals surface area contributed by atoms with Crippen LogP contribution in [0.5, 0.6) is 11.5 Å². The summed E-state index contributed by atoms with van der Waals surface area (Å²) in [7, 11) is 1.45. The Morgan fingerprint density at radius 2 is 2.11 bits per heavy atom. The third-order valence-electron chi connectivity index (χ3n) is 2.29. The van der Waals surface area contributed by atoms with Gasteiger partial charge in [0.15, 0.2) is 6.10 Å². The zero-order valence-corrected chi connectivity index (χ0v) is 11.6. The third-order valence-corrected chi connectivity index (χ3v) is 3.08. The van der Waals surface area contributed by atoms with Crippen LogP contribution in [-0.4, -0.2) is 24.3 Å². The number of aliphatic carboxylic acids is 1. The molecular weight excluding hydrogens is 279 g/mol. The lowest BCUT2D eigenvalue weighted by atomic mass is 10.2. The Kier molecular flexibility index (Phi) is 5.56. The molecule has 0 radical (unpaired) electrons. The first-order valence-corrected chi connectivity index (χ1v) is 6.17. The van der Waals surface area contributed by atoms with Gasteiger partial charge in [-0.3, -0.25) is 0 Å². The average molecular weight is 293 g/mol. The van der Waals surface area contributed by atoms with E-state index in [1.54, 1.807) is 0 Å². The smallest absolute Gasteiger partial charge is 0.344 e. The van der Waals surface area contributed by atoms with Gasteiger partial charge in [-0.25, -0.2) is 4.79 Å². The van der Waals surface area contributed by atoms with Crippen LogP contribution in [0.3, 0.4) is 0 Å². The van der Waals surface area contributed by atoms with Crippen LogP contribution in [0.1, 0.15) is 19.8 Å². The Balaban J connectivity index is 2.96. The summed E-state index contributed by atoms with van der Waals surface area (Å²) >= 11 is 11.8. The first-order valence-electron chi connectivity index (χ1n) is 5.42. The van der Waals surface area contributed by atoms with Crippen LogP contribution >= 0.6 is 23.2 Å². The van der Waals surface area contributed by atoms with Crippen LogP contribution in [0.2, 0.25) is 10.0 Å². The third kappa shape index (κ3) is 3.68. The molecule has 0 spiro atoms. The summed E-state index contributed by atoms with van der Waals surface area (Å²) in [4.78, 5) is 11.0. The van der Waals surface area contributed by atoms with E-state index >= 15 is 0 Å². The SMILES string of the molecule is CCCC(Oc1cc(Cl)c(Cl)c(OC)c1)C(=O)O. The van der Waals surface area contributed by atoms with Crippen molar-refractivity contribution in [1.82, 2.24) is 0 Å². The molecule has 0 amide bonds. The molecule has 0 aromatic heterocycles. The molecular formula is C12H14Cl2O4. The van der Waals surface area contributed by atoms with Gasteiger partial charge in [0.05, 0.1) is 12.1 Å². The second-order valence-electron chi connectivity index (χ2n) is 3.65. The van der Waals surface area contributed by atoms with Gasteiger partial charge in [-0.05, 0) is 6.42 Å². The molecule has 0 saturated heterocycles. The number of carbonyl (C=O) groups is 1. The van der Waals surface area contributed by atoms with E-state index in [0.29, 0.717) is 24.3 Å². The molecule has 18 heavy (non-hydrogen) atoms. The van der Waals surface area contributed by atoms with Crippen molar-refractivity contribution in [2.24, 2.45) is 0 Å². The van der Waals surface area contributed by atoms with Gasteiger partial charge in [0.25, 0.3) is 0 Å². The van der Waals surface area contributed by atoms with Crippen molar-refractivity contribution in [3.05, 3.63) is 22.2 Å². The van der Waals surface area contributed by atoms with E-state index in [9.17, 15) is 4.79 Å². The van der Waals surface area contributed by atoms with E-state index in [0.717, 1.165) is 0 Å². The Labute approximate surface area is 115 Å². The quantitative estimate of drug-likeness (QED) is 0.870. The van der Waals surface area contributed by atoms with Crippen LogP contribution in [0, 0.1) is 0 Å². The number of benzene rings is 1. The number of carboxylic acid groups (broad SMARTS) is 1. The van der Waals surface area contributed by atoms with Gasteiger partial charge in [-0.1, -0.05) is 36.5 Å². The molecule has 0 bridgehead atoms. The van der Waals surface area contributed by atoms with Crippen LogP contribution in [0.15, 0.2) is 12.1 Å². The largest absolute Gasteiger partial charge is 0.495 e. The average Bonchev–Trinajstić information content (AvgIpc) is 2.32. The highest BCUT2D eigenvalue weighted by atomic mass is 35.5. The lowest BCUT2D eigenvalue weighted by Crippen LogP contribution is -2.26. The summed E-state index contributed by atoms with van der Waals surface area (Å²) in [5, 5.41) is 9.53. The van der Waals surface area contributed by atoms with Crippen molar-refractivity contribution in [3.8, 4) is 11.5 Å². The molecule has 1 N–H and O–H groups in total. The van der Waals surface area contributed by atoms with E-state index in [4.69, 9.17) is 37.8 Å². The molecule has 1 atom stereocenters. The van der Waals surface area contributed by atoms with Gasteiger partial charge in [0, 0.05) is 12.1 Å². The topological polar surface area (TPSA) is 55.8 Å². The number of hydrogen-bond acceptors (Lipinski definition) is 3. The summed E-state index contributed by atoms with van der Waals surface area (Å²) < 4.78 is 10.4. The lowest BCUT2D eigenvalue weighted by molar-refractivity contribution is -0.145. The Morgan fingerprint density at radius 3 is 2.61 bits per heavy atom. The first kappa shape index (κ1) is 14.9. The van der Waals surface area contributed by atoms with Gasteiger partial charge in [0.2, 0.25) is 0 Å². The van der Waals surface area contributed by atoms with Crippen molar-refractivity contribution in [2.75, 3.05) is 7.11 Å². The van der Waals surface area contributed by atoms with E-state index in [1.807, 2.05) is 6.92 Å². The van der Waals surface area contributed by atoms with Crippen molar-refractivity contribution in [1.29, 1.82) is 0 Å². The van der Waals surface area contributed by atoms with E-state index in [-0.39, 0.29) is 10.0 Å². The van der Waals surface area contributed by atoms with Gasteiger partial charge in [-0.2, -0.15) is 0 Å². The van der Waals surface area contributed by atoms with Crippen LogP contribution in [0.25, 0.3) is 0 Å². The van der Waals surface area contributed by atoms with Crippen molar-refractivity contribution >= 4 is 29.2 Å². The molecule has 0 aliphatic rings. The zero-order chi connectivity index (χ0) is 13.7. The molecule has 0 fully saturated rings. The zero-order valence-electron chi connectivity index (χ0n) is 10.1. The fraction of sp³-hybridized carbons (Fsp3) is 0.417. The second kappa shape index (κ2) is 6.71. The summed E-state index contributed by atoms with van der Waals surface area (Å²) in [6.07, 6.45) is 0.213. The Hall–Kier alpha value is -1.13. The maximum Gasteiger partial charge on any atom is 0.344 e. The van der Waals surface area contributed by atoms with Crippen LogP contribution in [-0.2, 0) is 4.79 Å². The molecule has 0 aliphatic heterocycles. The number of carboxylic acids is 1. The fourth-order valence-corrected chi connectivity index (χ4v) is 1.80. The monoisotopic (exact) mass is 292 g/mol. The highest BCUT2D eigenvalue weighted by Gasteiger charge is 2.19. The molecule has 4 nitrogen and oxygen atoms in total. The number of rotatable bonds is 6. The van der Waals surface area contributed by atoms with Crippen LogP contribution in [0.4, 0.5) is 0 Å². The number of hydrogen-bond donors (Lipinski definition) is 1. The van der Waals surface area contributed by atoms with Gasteiger partial charge < -0.3 is 14.6 Å². The normalized spacial score (nSPS) is 12.0. The number of halogens is 2. The molecule has 1 aromatic carbocycles. The van der Waals surface area contributed by atoms with Gasteiger partial charge in [-0.15, -0.1) is 0 Å². The maximum atomic E-state index is 11.0. The molecule has 100 valence electrons. The standard InChI is InChI=1S/C12H14Cl2O4/c1-3-4-9(12(15)16)18-7-5-8(13)11(14)10(6-7)17-2/h5-6,9H,3-4H2,1-2H3,(H,15,16). The molecule has 6 heteroatoms. The lowest BCUT2D eigenvalue weighted by Gasteiger charge is -2.15. The molecule has 0 saturated carbocycles.